The number of rotatable bonds is 17. The number of carbonyl (C=O) groups excluding carboxylic acids is 2. The van der Waals surface area contributed by atoms with Crippen LogP contribution in [-0.2, 0) is 39.3 Å². The van der Waals surface area contributed by atoms with Crippen molar-refractivity contribution in [1.29, 1.82) is 0 Å². The fourth-order valence-electron chi connectivity index (χ4n) is 7.37. The largest absolute Gasteiger partial charge is 0.459 e. The Labute approximate surface area is 328 Å². The van der Waals surface area contributed by atoms with Crippen LogP contribution in [0.5, 0.6) is 0 Å². The van der Waals surface area contributed by atoms with Gasteiger partial charge in [-0.25, -0.2) is 4.79 Å². The number of anilines is 1. The minimum atomic E-state index is -1.96. The molecule has 12 heteroatoms. The number of thiophene rings is 1. The molecule has 0 radical (unpaired) electrons. The minimum absolute atomic E-state index is 0.0605. The summed E-state index contributed by atoms with van der Waals surface area (Å²) in [6.45, 7) is 21.0. The molecule has 0 saturated carbocycles. The molecule has 3 saturated heterocycles. The second kappa shape index (κ2) is 17.5. The first-order chi connectivity index (χ1) is 25.3. The maximum atomic E-state index is 13.1. The van der Waals surface area contributed by atoms with Crippen molar-refractivity contribution in [3.63, 3.8) is 0 Å². The van der Waals surface area contributed by atoms with Crippen LogP contribution in [-0.4, -0.2) is 80.5 Å². The van der Waals surface area contributed by atoms with Crippen molar-refractivity contribution < 1.29 is 42.8 Å². The second-order valence-electron chi connectivity index (χ2n) is 17.7. The number of unbranched alkanes of at least 4 members (excludes halogenated alkanes) is 2. The van der Waals surface area contributed by atoms with Crippen LogP contribution in [0.15, 0.2) is 36.4 Å². The van der Waals surface area contributed by atoms with Crippen LogP contribution >= 0.6 is 11.3 Å². The van der Waals surface area contributed by atoms with Gasteiger partial charge in [0.05, 0.1) is 12.7 Å². The molecule has 54 heavy (non-hydrogen) atoms. The van der Waals surface area contributed by atoms with Crippen LogP contribution < -0.4 is 4.90 Å². The van der Waals surface area contributed by atoms with E-state index in [1.807, 2.05) is 24.8 Å². The maximum Gasteiger partial charge on any atom is 0.348 e. The molecular formula is C42H65NO9SSi. The maximum absolute atomic E-state index is 13.1. The van der Waals surface area contributed by atoms with Crippen LogP contribution in [0.2, 0.25) is 18.1 Å². The third-order valence-electron chi connectivity index (χ3n) is 11.3. The molecule has 1 aromatic heterocycles. The summed E-state index contributed by atoms with van der Waals surface area (Å²) in [7, 11) is -1.96. The van der Waals surface area contributed by atoms with Crippen molar-refractivity contribution in [2.45, 2.75) is 179 Å². The van der Waals surface area contributed by atoms with Crippen molar-refractivity contribution in [2.24, 2.45) is 0 Å². The second-order valence-corrected chi connectivity index (χ2v) is 23.6. The van der Waals surface area contributed by atoms with Gasteiger partial charge in [-0.1, -0.05) is 59.1 Å². The number of hydrogen-bond acceptors (Lipinski definition) is 10. The number of aliphatic hydroxyl groups is 1. The van der Waals surface area contributed by atoms with E-state index in [2.05, 4.69) is 65.1 Å². The Balaban J connectivity index is 1.12. The van der Waals surface area contributed by atoms with Crippen molar-refractivity contribution in [2.75, 3.05) is 18.1 Å². The quantitative estimate of drug-likeness (QED) is 0.0953. The smallest absolute Gasteiger partial charge is 0.348 e. The van der Waals surface area contributed by atoms with E-state index in [9.17, 15) is 14.7 Å². The lowest BCUT2D eigenvalue weighted by Gasteiger charge is -2.39. The lowest BCUT2D eigenvalue weighted by Crippen LogP contribution is -2.45. The zero-order chi connectivity index (χ0) is 39.5. The van der Waals surface area contributed by atoms with Gasteiger partial charge in [-0.15, -0.1) is 11.3 Å². The van der Waals surface area contributed by atoms with Gasteiger partial charge in [0.2, 0.25) is 5.91 Å². The van der Waals surface area contributed by atoms with E-state index in [0.717, 1.165) is 49.1 Å². The van der Waals surface area contributed by atoms with Gasteiger partial charge < -0.3 is 38.1 Å². The van der Waals surface area contributed by atoms with Gasteiger partial charge in [-0.05, 0) is 108 Å². The molecule has 1 N–H and O–H groups in total. The highest BCUT2D eigenvalue weighted by atomic mass is 32.1. The van der Waals surface area contributed by atoms with Gasteiger partial charge in [-0.2, -0.15) is 0 Å². The predicted octanol–water partition coefficient (Wildman–Crippen LogP) is 9.10. The molecule has 3 aliphatic heterocycles. The number of hydrogen-bond donors (Lipinski definition) is 1. The molecule has 5 rings (SSSR count). The summed E-state index contributed by atoms with van der Waals surface area (Å²) in [5.41, 5.74) is 2.14. The summed E-state index contributed by atoms with van der Waals surface area (Å²) in [4.78, 5) is 29.7. The molecule has 3 fully saturated rings. The van der Waals surface area contributed by atoms with E-state index in [1.54, 1.807) is 19.9 Å². The number of esters is 1. The lowest BCUT2D eigenvalue weighted by molar-refractivity contribution is -0.175. The van der Waals surface area contributed by atoms with Crippen LogP contribution in [0.1, 0.15) is 133 Å². The molecule has 0 spiro atoms. The Morgan fingerprint density at radius 2 is 1.74 bits per heavy atom. The molecule has 4 heterocycles. The van der Waals surface area contributed by atoms with E-state index >= 15 is 0 Å². The summed E-state index contributed by atoms with van der Waals surface area (Å²) >= 11 is 1.40. The first kappa shape index (κ1) is 43.0. The topological polar surface area (TPSA) is 113 Å². The van der Waals surface area contributed by atoms with Crippen molar-refractivity contribution >= 4 is 37.2 Å². The fraction of sp³-hybridized carbons (Fsp3) is 0.714. The first-order valence-corrected chi connectivity index (χ1v) is 23.7. The monoisotopic (exact) mass is 787 g/mol. The Morgan fingerprint density at radius 3 is 2.39 bits per heavy atom. The third-order valence-corrected chi connectivity index (χ3v) is 16.9. The third kappa shape index (κ3) is 10.8. The average molecular weight is 788 g/mol. The van der Waals surface area contributed by atoms with Crippen LogP contribution in [0, 0.1) is 0 Å². The minimum Gasteiger partial charge on any atom is -0.459 e. The van der Waals surface area contributed by atoms with Crippen LogP contribution in [0.25, 0.3) is 0 Å². The van der Waals surface area contributed by atoms with Crippen molar-refractivity contribution in [3.8, 4) is 0 Å². The molecule has 3 aliphatic rings. The molecule has 1 aromatic carbocycles. The van der Waals surface area contributed by atoms with Gasteiger partial charge in [0.1, 0.15) is 35.9 Å². The van der Waals surface area contributed by atoms with Gasteiger partial charge in [0, 0.05) is 23.0 Å². The number of aryl methyl sites for hydroxylation is 1. The number of benzene rings is 1. The summed E-state index contributed by atoms with van der Waals surface area (Å²) in [6.07, 6.45) is 5.67. The van der Waals surface area contributed by atoms with Gasteiger partial charge in [0.25, 0.3) is 0 Å². The van der Waals surface area contributed by atoms with Gasteiger partial charge in [0.15, 0.2) is 19.9 Å². The van der Waals surface area contributed by atoms with E-state index in [0.29, 0.717) is 17.9 Å². The summed E-state index contributed by atoms with van der Waals surface area (Å²) < 4.78 is 36.2. The van der Waals surface area contributed by atoms with Gasteiger partial charge >= 0.3 is 5.97 Å². The standard InChI is InChI=1S/C42H65NO9SSi/c1-11-12-13-17-33(52-54(9,10)40(2,3)4)28-18-20-30(21-19-28)43-29(22-25-36(43)45)15-14-16-31-23-24-35(53-31)39(46)47-26-32(44)37-38(51-42(7,8)50-37)34-27-48-41(5,6)49-34/h18-21,23-24,29,32-34,37-38,44H,11-17,22,25-27H2,1-10H3/t29-,32-,33?,34+,37+,38+/m0/s1. The zero-order valence-electron chi connectivity index (χ0n) is 34.3. The van der Waals surface area contributed by atoms with E-state index in [-0.39, 0.29) is 29.7 Å². The number of carbonyl (C=O) groups is 2. The fourth-order valence-corrected chi connectivity index (χ4v) is 9.63. The highest BCUT2D eigenvalue weighted by molar-refractivity contribution is 7.13. The molecule has 1 amide bonds. The molecule has 10 nitrogen and oxygen atoms in total. The summed E-state index contributed by atoms with van der Waals surface area (Å²) in [5, 5.41) is 11.2. The molecule has 302 valence electrons. The van der Waals surface area contributed by atoms with Crippen molar-refractivity contribution in [3.05, 3.63) is 51.7 Å². The highest BCUT2D eigenvalue weighted by Gasteiger charge is 2.52. The highest BCUT2D eigenvalue weighted by Crippen LogP contribution is 2.42. The summed E-state index contributed by atoms with van der Waals surface area (Å²) in [6, 6.07) is 12.4. The Hall–Kier alpha value is -2.16. The van der Waals surface area contributed by atoms with E-state index < -0.39 is 50.3 Å². The van der Waals surface area contributed by atoms with E-state index in [1.165, 1.54) is 29.7 Å². The molecule has 6 atom stereocenters. The lowest BCUT2D eigenvalue weighted by atomic mass is 10.0. The van der Waals surface area contributed by atoms with Crippen LogP contribution in [0.3, 0.4) is 0 Å². The average Bonchev–Trinajstić information content (AvgIpc) is 3.88. The SMILES string of the molecule is CCCCCC(O[Si](C)(C)C(C)(C)C)c1ccc(N2C(=O)CC[C@@H]2CCCc2ccc(C(=O)OC[C@H](O)[C@H]3OC(C)(C)O[C@@H]3[C@H]3COC(C)(C)O3)s2)cc1. The first-order valence-electron chi connectivity index (χ1n) is 20.0. The normalized spacial score (nSPS) is 25.3. The molecular weight excluding hydrogens is 723 g/mol. The Kier molecular flexibility index (Phi) is 14.0. The van der Waals surface area contributed by atoms with Crippen LogP contribution in [0.4, 0.5) is 5.69 Å². The zero-order valence-corrected chi connectivity index (χ0v) is 36.1. The number of aliphatic hydroxyl groups excluding tert-OH is 1. The Bertz CT molecular complexity index is 1550. The summed E-state index contributed by atoms with van der Waals surface area (Å²) in [5.74, 6) is -1.99. The van der Waals surface area contributed by atoms with Crippen molar-refractivity contribution in [1.82, 2.24) is 0 Å². The number of nitrogens with zero attached hydrogens (tertiary/aromatic N) is 1. The molecule has 0 aliphatic carbocycles. The molecule has 1 unspecified atom stereocenters. The molecule has 0 bridgehead atoms. The van der Waals surface area contributed by atoms with E-state index in [4.69, 9.17) is 28.1 Å². The number of amides is 1. The molecule has 2 aromatic rings. The van der Waals surface area contributed by atoms with Gasteiger partial charge in [-0.3, -0.25) is 4.79 Å². The predicted molar refractivity (Wildman–Crippen MR) is 214 cm³/mol. The Morgan fingerprint density at radius 1 is 1.02 bits per heavy atom. The number of ether oxygens (including phenoxy) is 5.